The number of aromatic nitrogens is 5. The van der Waals surface area contributed by atoms with E-state index in [0.717, 1.165) is 36.3 Å². The van der Waals surface area contributed by atoms with E-state index in [-0.39, 0.29) is 0 Å². The van der Waals surface area contributed by atoms with Crippen molar-refractivity contribution in [2.24, 2.45) is 0 Å². The maximum atomic E-state index is 5.61. The van der Waals surface area contributed by atoms with Crippen LogP contribution in [0.2, 0.25) is 0 Å². The Morgan fingerprint density at radius 2 is 1.73 bits per heavy atom. The average molecular weight is 370 g/mol. The summed E-state index contributed by atoms with van der Waals surface area (Å²) in [6.45, 7) is 6.14. The van der Waals surface area contributed by atoms with Crippen molar-refractivity contribution in [1.29, 1.82) is 0 Å². The highest BCUT2D eigenvalue weighted by Gasteiger charge is 2.22. The van der Waals surface area contributed by atoms with Gasteiger partial charge in [-0.15, -0.1) is 20.4 Å². The molecular weight excluding hydrogens is 348 g/mol. The normalized spacial score (nSPS) is 14.3. The molecule has 4 rings (SSSR count). The number of anilines is 1. The van der Waals surface area contributed by atoms with E-state index in [9.17, 15) is 0 Å². The van der Waals surface area contributed by atoms with E-state index >= 15 is 0 Å². The molecule has 1 saturated heterocycles. The zero-order valence-corrected chi connectivity index (χ0v) is 15.9. The van der Waals surface area contributed by atoms with Crippen LogP contribution in [0.5, 0.6) is 0 Å². The standard InChI is InChI=1S/C18H22N6OS/c1-3-15-19-20-16(25-15)12-26-18-22-21-17(23-10-4-5-11-23)24(18)14-8-6-13(2)7-9-14/h6-9H,3-5,10-12H2,1-2H3. The summed E-state index contributed by atoms with van der Waals surface area (Å²) in [5, 5.41) is 17.9. The molecule has 0 atom stereocenters. The molecule has 1 aliphatic heterocycles. The van der Waals surface area contributed by atoms with Gasteiger partial charge in [0.25, 0.3) is 0 Å². The Kier molecular flexibility index (Phi) is 4.92. The van der Waals surface area contributed by atoms with Crippen LogP contribution in [0.15, 0.2) is 33.8 Å². The first-order chi connectivity index (χ1) is 12.7. The first-order valence-electron chi connectivity index (χ1n) is 8.96. The topological polar surface area (TPSA) is 72.9 Å². The fraction of sp³-hybridized carbons (Fsp3) is 0.444. The molecular formula is C18H22N6OS. The summed E-state index contributed by atoms with van der Waals surface area (Å²) in [7, 11) is 0. The fourth-order valence-corrected chi connectivity index (χ4v) is 3.80. The number of hydrogen-bond donors (Lipinski definition) is 0. The van der Waals surface area contributed by atoms with E-state index in [1.807, 2.05) is 6.92 Å². The summed E-state index contributed by atoms with van der Waals surface area (Å²) >= 11 is 1.57. The van der Waals surface area contributed by atoms with Crippen LogP contribution >= 0.6 is 11.8 Å². The molecule has 3 aromatic rings. The second kappa shape index (κ2) is 7.49. The number of rotatable bonds is 6. The van der Waals surface area contributed by atoms with Crippen molar-refractivity contribution in [1.82, 2.24) is 25.0 Å². The summed E-state index contributed by atoms with van der Waals surface area (Å²) in [5.74, 6) is 2.77. The number of thioether (sulfide) groups is 1. The molecule has 136 valence electrons. The van der Waals surface area contributed by atoms with Crippen LogP contribution in [0.4, 0.5) is 5.95 Å². The van der Waals surface area contributed by atoms with Gasteiger partial charge in [-0.3, -0.25) is 4.57 Å². The van der Waals surface area contributed by atoms with Gasteiger partial charge in [0.1, 0.15) is 0 Å². The Bertz CT molecular complexity index is 866. The smallest absolute Gasteiger partial charge is 0.232 e. The number of hydrogen-bond acceptors (Lipinski definition) is 7. The molecule has 0 unspecified atom stereocenters. The van der Waals surface area contributed by atoms with Crippen molar-refractivity contribution in [3.05, 3.63) is 41.6 Å². The minimum Gasteiger partial charge on any atom is -0.424 e. The number of nitrogens with zero attached hydrogens (tertiary/aromatic N) is 6. The molecule has 0 bridgehead atoms. The van der Waals surface area contributed by atoms with E-state index < -0.39 is 0 Å². The predicted molar refractivity (Wildman–Crippen MR) is 101 cm³/mol. The van der Waals surface area contributed by atoms with E-state index in [4.69, 9.17) is 4.42 Å². The highest BCUT2D eigenvalue weighted by Crippen LogP contribution is 2.30. The SMILES string of the molecule is CCc1nnc(CSc2nnc(N3CCCC3)n2-c2ccc(C)cc2)o1. The minimum atomic E-state index is 0.580. The monoisotopic (exact) mass is 370 g/mol. The van der Waals surface area contributed by atoms with Crippen LogP contribution in [0.1, 0.15) is 37.1 Å². The second-order valence-corrected chi connectivity index (χ2v) is 7.32. The first kappa shape index (κ1) is 17.1. The van der Waals surface area contributed by atoms with Gasteiger partial charge in [0, 0.05) is 19.5 Å². The molecule has 2 aromatic heterocycles. The third kappa shape index (κ3) is 3.46. The zero-order chi connectivity index (χ0) is 17.9. The Hall–Kier alpha value is -2.35. The molecule has 0 saturated carbocycles. The molecule has 1 aromatic carbocycles. The van der Waals surface area contributed by atoms with Crippen LogP contribution in [0.25, 0.3) is 5.69 Å². The Balaban J connectivity index is 1.63. The van der Waals surface area contributed by atoms with Gasteiger partial charge in [-0.1, -0.05) is 36.4 Å². The summed E-state index contributed by atoms with van der Waals surface area (Å²) in [5.41, 5.74) is 2.31. The average Bonchev–Trinajstić information content (AvgIpc) is 3.40. The minimum absolute atomic E-state index is 0.580. The Morgan fingerprint density at radius 1 is 1.00 bits per heavy atom. The maximum Gasteiger partial charge on any atom is 0.232 e. The lowest BCUT2D eigenvalue weighted by Crippen LogP contribution is -2.22. The van der Waals surface area contributed by atoms with Crippen LogP contribution in [-0.4, -0.2) is 38.1 Å². The third-order valence-electron chi connectivity index (χ3n) is 4.43. The number of aryl methyl sites for hydroxylation is 2. The fourth-order valence-electron chi connectivity index (χ4n) is 3.01. The molecule has 0 spiro atoms. The van der Waals surface area contributed by atoms with Crippen LogP contribution in [0, 0.1) is 6.92 Å². The molecule has 0 N–H and O–H groups in total. The van der Waals surface area contributed by atoms with Crippen LogP contribution in [0.3, 0.4) is 0 Å². The van der Waals surface area contributed by atoms with Crippen molar-refractivity contribution < 1.29 is 4.42 Å². The summed E-state index contributed by atoms with van der Waals surface area (Å²) in [4.78, 5) is 2.30. The molecule has 3 heterocycles. The first-order valence-corrected chi connectivity index (χ1v) is 9.94. The Morgan fingerprint density at radius 3 is 2.42 bits per heavy atom. The largest absolute Gasteiger partial charge is 0.424 e. The van der Waals surface area contributed by atoms with Crippen molar-refractivity contribution in [3.63, 3.8) is 0 Å². The van der Waals surface area contributed by atoms with E-state index in [0.29, 0.717) is 17.5 Å². The van der Waals surface area contributed by atoms with Crippen molar-refractivity contribution >= 4 is 17.7 Å². The van der Waals surface area contributed by atoms with Gasteiger partial charge in [-0.25, -0.2) is 0 Å². The molecule has 0 amide bonds. The van der Waals surface area contributed by atoms with E-state index in [2.05, 4.69) is 61.1 Å². The molecule has 0 aliphatic carbocycles. The predicted octanol–water partition coefficient (Wildman–Crippen LogP) is 3.41. The van der Waals surface area contributed by atoms with Gasteiger partial charge in [-0.05, 0) is 31.9 Å². The van der Waals surface area contributed by atoms with E-state index in [1.54, 1.807) is 11.8 Å². The zero-order valence-electron chi connectivity index (χ0n) is 15.1. The van der Waals surface area contributed by atoms with Crippen molar-refractivity contribution in [2.45, 2.75) is 44.0 Å². The summed E-state index contributed by atoms with van der Waals surface area (Å²) in [6.07, 6.45) is 3.15. The van der Waals surface area contributed by atoms with Crippen LogP contribution in [-0.2, 0) is 12.2 Å². The van der Waals surface area contributed by atoms with Crippen LogP contribution < -0.4 is 4.90 Å². The van der Waals surface area contributed by atoms with E-state index in [1.165, 1.54) is 18.4 Å². The van der Waals surface area contributed by atoms with Crippen molar-refractivity contribution in [3.8, 4) is 5.69 Å². The third-order valence-corrected chi connectivity index (χ3v) is 5.35. The lowest BCUT2D eigenvalue weighted by Gasteiger charge is -2.18. The molecule has 1 fully saturated rings. The molecule has 7 nitrogen and oxygen atoms in total. The molecule has 26 heavy (non-hydrogen) atoms. The highest BCUT2D eigenvalue weighted by molar-refractivity contribution is 7.98. The second-order valence-electron chi connectivity index (χ2n) is 6.38. The lowest BCUT2D eigenvalue weighted by atomic mass is 10.2. The molecule has 8 heteroatoms. The molecule has 1 aliphatic rings. The maximum absolute atomic E-state index is 5.61. The van der Waals surface area contributed by atoms with Gasteiger partial charge in [0.2, 0.25) is 17.7 Å². The summed E-state index contributed by atoms with van der Waals surface area (Å²) in [6, 6.07) is 8.46. The van der Waals surface area contributed by atoms with Crippen molar-refractivity contribution in [2.75, 3.05) is 18.0 Å². The Labute approximate surface area is 156 Å². The van der Waals surface area contributed by atoms with Gasteiger partial charge < -0.3 is 9.32 Å². The molecule has 0 radical (unpaired) electrons. The van der Waals surface area contributed by atoms with Gasteiger partial charge in [-0.2, -0.15) is 0 Å². The lowest BCUT2D eigenvalue weighted by molar-refractivity contribution is 0.470. The van der Waals surface area contributed by atoms with Gasteiger partial charge in [0.15, 0.2) is 5.16 Å². The van der Waals surface area contributed by atoms with Gasteiger partial charge >= 0.3 is 0 Å². The summed E-state index contributed by atoms with van der Waals surface area (Å²) < 4.78 is 7.74. The number of benzene rings is 1. The quantitative estimate of drug-likeness (QED) is 0.616. The highest BCUT2D eigenvalue weighted by atomic mass is 32.2. The van der Waals surface area contributed by atoms with Gasteiger partial charge in [0.05, 0.1) is 11.4 Å².